The van der Waals surface area contributed by atoms with Crippen molar-refractivity contribution >= 4 is 5.69 Å². The molecule has 0 N–H and O–H groups in total. The van der Waals surface area contributed by atoms with Crippen molar-refractivity contribution in [1.82, 2.24) is 4.57 Å². The summed E-state index contributed by atoms with van der Waals surface area (Å²) in [7, 11) is 0. The molecule has 1 heterocycles. The van der Waals surface area contributed by atoms with E-state index in [0.29, 0.717) is 6.54 Å². The van der Waals surface area contributed by atoms with Crippen LogP contribution in [0.1, 0.15) is 5.56 Å². The van der Waals surface area contributed by atoms with Gasteiger partial charge in [0.05, 0.1) is 11.5 Å². The summed E-state index contributed by atoms with van der Waals surface area (Å²) in [5.41, 5.74) is 0.809. The molecule has 2 rings (SSSR count). The van der Waals surface area contributed by atoms with Gasteiger partial charge in [-0.1, -0.05) is 18.2 Å². The van der Waals surface area contributed by atoms with Gasteiger partial charge in [0.15, 0.2) is 0 Å². The largest absolute Gasteiger partial charge is 0.311 e. The fraction of sp³-hybridized carbons (Fsp3) is 0.0833. The fourth-order valence-corrected chi connectivity index (χ4v) is 1.51. The van der Waals surface area contributed by atoms with E-state index in [1.165, 1.54) is 18.2 Å². The molecule has 0 saturated heterocycles. The minimum atomic E-state index is -0.446. The Balaban J connectivity index is 2.23. The molecule has 0 unspecified atom stereocenters. The Kier molecular flexibility index (Phi) is 3.00. The number of hydrogen-bond acceptors (Lipinski definition) is 3. The van der Waals surface area contributed by atoms with E-state index in [9.17, 15) is 14.9 Å². The van der Waals surface area contributed by atoms with Gasteiger partial charge in [-0.05, 0) is 11.6 Å². The second-order valence-corrected chi connectivity index (χ2v) is 3.59. The molecule has 1 aromatic heterocycles. The lowest BCUT2D eigenvalue weighted by molar-refractivity contribution is -0.384. The number of nitrogens with zero attached hydrogens (tertiary/aromatic N) is 2. The van der Waals surface area contributed by atoms with Gasteiger partial charge in [0.2, 0.25) is 0 Å². The third-order valence-corrected chi connectivity index (χ3v) is 2.40. The van der Waals surface area contributed by atoms with Crippen LogP contribution in [0.5, 0.6) is 0 Å². The van der Waals surface area contributed by atoms with Crippen LogP contribution < -0.4 is 5.56 Å². The van der Waals surface area contributed by atoms with Gasteiger partial charge in [0, 0.05) is 24.4 Å². The maximum atomic E-state index is 11.5. The topological polar surface area (TPSA) is 65.1 Å². The Morgan fingerprint density at radius 1 is 1.12 bits per heavy atom. The van der Waals surface area contributed by atoms with Crippen molar-refractivity contribution in [2.24, 2.45) is 0 Å². The summed E-state index contributed by atoms with van der Waals surface area (Å²) in [6, 6.07) is 11.1. The third-order valence-electron chi connectivity index (χ3n) is 2.40. The number of rotatable bonds is 3. The van der Waals surface area contributed by atoms with Crippen molar-refractivity contribution in [3.05, 3.63) is 74.7 Å². The van der Waals surface area contributed by atoms with Crippen LogP contribution in [0.25, 0.3) is 0 Å². The van der Waals surface area contributed by atoms with Gasteiger partial charge in [-0.15, -0.1) is 0 Å². The highest BCUT2D eigenvalue weighted by Gasteiger charge is 2.04. The number of nitro benzene ring substituents is 1. The standard InChI is InChI=1S/C12H10N2O3/c15-12-3-1-2-8-13(12)9-10-4-6-11(7-5-10)14(16)17/h1-8H,9H2. The van der Waals surface area contributed by atoms with E-state index >= 15 is 0 Å². The number of hydrogen-bond donors (Lipinski definition) is 0. The number of non-ortho nitro benzene ring substituents is 1. The smallest absolute Gasteiger partial charge is 0.269 e. The summed E-state index contributed by atoms with van der Waals surface area (Å²) in [6.45, 7) is 0.414. The van der Waals surface area contributed by atoms with Crippen LogP contribution in [-0.2, 0) is 6.54 Å². The maximum absolute atomic E-state index is 11.5. The van der Waals surface area contributed by atoms with E-state index in [1.807, 2.05) is 0 Å². The summed E-state index contributed by atoms with van der Waals surface area (Å²) >= 11 is 0. The highest BCUT2D eigenvalue weighted by Crippen LogP contribution is 2.12. The Morgan fingerprint density at radius 3 is 2.41 bits per heavy atom. The lowest BCUT2D eigenvalue weighted by Gasteiger charge is -2.04. The second kappa shape index (κ2) is 4.61. The van der Waals surface area contributed by atoms with Crippen molar-refractivity contribution in [3.63, 3.8) is 0 Å². The molecular weight excluding hydrogens is 220 g/mol. The summed E-state index contributed by atoms with van der Waals surface area (Å²) in [5, 5.41) is 10.5. The maximum Gasteiger partial charge on any atom is 0.269 e. The van der Waals surface area contributed by atoms with Crippen LogP contribution in [0, 0.1) is 10.1 Å². The van der Waals surface area contributed by atoms with Crippen LogP contribution in [0.2, 0.25) is 0 Å². The average molecular weight is 230 g/mol. The third kappa shape index (κ3) is 2.57. The Hall–Kier alpha value is -2.43. The molecule has 2 aromatic rings. The molecule has 0 aliphatic heterocycles. The predicted molar refractivity (Wildman–Crippen MR) is 62.9 cm³/mol. The molecule has 0 aliphatic carbocycles. The first kappa shape index (κ1) is 11.1. The number of benzene rings is 1. The first-order valence-electron chi connectivity index (χ1n) is 5.05. The Bertz CT molecular complexity index is 587. The highest BCUT2D eigenvalue weighted by molar-refractivity contribution is 5.32. The van der Waals surface area contributed by atoms with Gasteiger partial charge in [-0.3, -0.25) is 14.9 Å². The Labute approximate surface area is 97.1 Å². The van der Waals surface area contributed by atoms with E-state index in [0.717, 1.165) is 5.56 Å². The molecule has 0 spiro atoms. The lowest BCUT2D eigenvalue weighted by Crippen LogP contribution is -2.18. The molecule has 0 fully saturated rings. The Morgan fingerprint density at radius 2 is 1.82 bits per heavy atom. The van der Waals surface area contributed by atoms with Crippen LogP contribution in [0.4, 0.5) is 5.69 Å². The summed E-state index contributed by atoms with van der Waals surface area (Å²) < 4.78 is 1.54. The van der Waals surface area contributed by atoms with Gasteiger partial charge >= 0.3 is 0 Å². The van der Waals surface area contributed by atoms with Crippen LogP contribution in [-0.4, -0.2) is 9.49 Å². The molecule has 0 atom stereocenters. The zero-order valence-corrected chi connectivity index (χ0v) is 8.95. The minimum absolute atomic E-state index is 0.0501. The summed E-state index contributed by atoms with van der Waals surface area (Å²) in [5.74, 6) is 0. The fourth-order valence-electron chi connectivity index (χ4n) is 1.51. The minimum Gasteiger partial charge on any atom is -0.311 e. The van der Waals surface area contributed by atoms with Gasteiger partial charge in [0.1, 0.15) is 0 Å². The van der Waals surface area contributed by atoms with Crippen LogP contribution in [0.3, 0.4) is 0 Å². The van der Waals surface area contributed by atoms with Crippen molar-refractivity contribution in [1.29, 1.82) is 0 Å². The van der Waals surface area contributed by atoms with Gasteiger partial charge in [-0.2, -0.15) is 0 Å². The zero-order chi connectivity index (χ0) is 12.3. The molecule has 1 aromatic carbocycles. The van der Waals surface area contributed by atoms with Crippen LogP contribution in [0.15, 0.2) is 53.5 Å². The van der Waals surface area contributed by atoms with E-state index in [2.05, 4.69) is 0 Å². The van der Waals surface area contributed by atoms with E-state index < -0.39 is 4.92 Å². The molecule has 0 amide bonds. The first-order chi connectivity index (χ1) is 8.16. The van der Waals surface area contributed by atoms with Gasteiger partial charge in [-0.25, -0.2) is 0 Å². The van der Waals surface area contributed by atoms with Crippen molar-refractivity contribution < 1.29 is 4.92 Å². The van der Waals surface area contributed by atoms with Gasteiger partial charge < -0.3 is 4.57 Å². The number of nitro groups is 1. The van der Waals surface area contributed by atoms with Crippen LogP contribution >= 0.6 is 0 Å². The summed E-state index contributed by atoms with van der Waals surface area (Å²) in [6.07, 6.45) is 1.68. The molecule has 17 heavy (non-hydrogen) atoms. The van der Waals surface area contributed by atoms with Crippen molar-refractivity contribution in [3.8, 4) is 0 Å². The summed E-state index contributed by atoms with van der Waals surface area (Å²) in [4.78, 5) is 21.5. The van der Waals surface area contributed by atoms with Gasteiger partial charge in [0.25, 0.3) is 11.2 Å². The quantitative estimate of drug-likeness (QED) is 0.596. The first-order valence-corrected chi connectivity index (χ1v) is 5.05. The molecule has 0 radical (unpaired) electrons. The van der Waals surface area contributed by atoms with E-state index in [4.69, 9.17) is 0 Å². The molecule has 0 saturated carbocycles. The van der Waals surface area contributed by atoms with Crippen molar-refractivity contribution in [2.75, 3.05) is 0 Å². The van der Waals surface area contributed by atoms with Crippen molar-refractivity contribution in [2.45, 2.75) is 6.54 Å². The van der Waals surface area contributed by atoms with E-state index in [1.54, 1.807) is 35.0 Å². The molecule has 5 nitrogen and oxygen atoms in total. The second-order valence-electron chi connectivity index (χ2n) is 3.59. The SMILES string of the molecule is O=c1ccccn1Cc1ccc([N+](=O)[O-])cc1. The number of pyridine rings is 1. The average Bonchev–Trinajstić information content (AvgIpc) is 2.33. The zero-order valence-electron chi connectivity index (χ0n) is 8.95. The predicted octanol–water partition coefficient (Wildman–Crippen LogP) is 1.80. The molecule has 5 heteroatoms. The number of aromatic nitrogens is 1. The molecule has 86 valence electrons. The normalized spacial score (nSPS) is 10.1. The molecule has 0 bridgehead atoms. The highest BCUT2D eigenvalue weighted by atomic mass is 16.6. The molecular formula is C12H10N2O3. The molecule has 0 aliphatic rings. The lowest BCUT2D eigenvalue weighted by atomic mass is 10.2. The van der Waals surface area contributed by atoms with E-state index in [-0.39, 0.29) is 11.2 Å². The monoisotopic (exact) mass is 230 g/mol.